The van der Waals surface area contributed by atoms with E-state index in [9.17, 15) is 26.0 Å². The Morgan fingerprint density at radius 3 is 2.25 bits per heavy atom. The monoisotopic (exact) mass is 440 g/mol. The second-order valence-corrected chi connectivity index (χ2v) is 8.25. The Balaban J connectivity index is 2.28. The van der Waals surface area contributed by atoms with Crippen molar-refractivity contribution < 1.29 is 30.7 Å². The van der Waals surface area contributed by atoms with E-state index in [0.29, 0.717) is 5.56 Å². The van der Waals surface area contributed by atoms with Crippen LogP contribution < -0.4 is 9.46 Å². The van der Waals surface area contributed by atoms with Crippen molar-refractivity contribution in [2.75, 3.05) is 20.6 Å². The molecule has 0 aliphatic rings. The Kier molecular flexibility index (Phi) is 6.92. The van der Waals surface area contributed by atoms with Crippen LogP contribution in [-0.2, 0) is 10.0 Å². The van der Waals surface area contributed by atoms with Gasteiger partial charge in [-0.15, -0.1) is 13.2 Å². The Morgan fingerprint density at radius 1 is 1.14 bits per heavy atom. The Hall–Kier alpha value is -1.88. The molecule has 0 aromatic heterocycles. The van der Waals surface area contributed by atoms with Crippen molar-refractivity contribution in [3.63, 3.8) is 0 Å². The third-order valence-electron chi connectivity index (χ3n) is 3.56. The van der Waals surface area contributed by atoms with Crippen molar-refractivity contribution in [1.29, 1.82) is 0 Å². The molecule has 0 amide bonds. The summed E-state index contributed by atoms with van der Waals surface area (Å²) in [5, 5.41) is -0.101. The topological polar surface area (TPSA) is 58.6 Å². The number of hydrogen-bond acceptors (Lipinski definition) is 4. The van der Waals surface area contributed by atoms with Gasteiger partial charge in [0.15, 0.2) is 0 Å². The number of benzene rings is 2. The second kappa shape index (κ2) is 8.64. The number of sulfonamides is 1. The molecule has 28 heavy (non-hydrogen) atoms. The van der Waals surface area contributed by atoms with Gasteiger partial charge in [0, 0.05) is 6.54 Å². The van der Waals surface area contributed by atoms with Crippen molar-refractivity contribution in [3.05, 3.63) is 58.9 Å². The smallest absolute Gasteiger partial charge is 0.406 e. The van der Waals surface area contributed by atoms with Gasteiger partial charge in [0.2, 0.25) is 10.0 Å². The summed E-state index contributed by atoms with van der Waals surface area (Å²) in [4.78, 5) is 1.43. The molecular weight excluding hydrogens is 424 g/mol. The molecule has 5 nitrogen and oxygen atoms in total. The maximum absolute atomic E-state index is 13.8. The van der Waals surface area contributed by atoms with Crippen molar-refractivity contribution >= 4 is 21.6 Å². The van der Waals surface area contributed by atoms with E-state index in [-0.39, 0.29) is 16.5 Å². The lowest BCUT2D eigenvalue weighted by atomic mass is 10.1. The van der Waals surface area contributed by atoms with Crippen molar-refractivity contribution in [1.82, 2.24) is 9.62 Å². The minimum atomic E-state index is -4.88. The van der Waals surface area contributed by atoms with Crippen LogP contribution in [0.15, 0.2) is 47.4 Å². The van der Waals surface area contributed by atoms with Gasteiger partial charge >= 0.3 is 6.36 Å². The van der Waals surface area contributed by atoms with Gasteiger partial charge in [-0.3, -0.25) is 0 Å². The zero-order valence-electron chi connectivity index (χ0n) is 14.8. The highest BCUT2D eigenvalue weighted by Gasteiger charge is 2.31. The Labute approximate surface area is 164 Å². The normalized spacial score (nSPS) is 13.6. The standard InChI is InChI=1S/C17H17ClF4N2O3S/c1-24(2)10-16(11-3-8-14(18)15(19)9-11)23-28(25,26)13-6-4-12(5-7-13)27-17(20,21)22/h3-9,16,23H,10H2,1-2H3/t16-/m1/s1. The van der Waals surface area contributed by atoms with E-state index in [0.717, 1.165) is 30.3 Å². The first-order chi connectivity index (χ1) is 12.9. The largest absolute Gasteiger partial charge is 0.573 e. The number of likely N-dealkylation sites (N-methyl/N-ethyl adjacent to an activating group) is 1. The summed E-state index contributed by atoms with van der Waals surface area (Å²) in [6, 6.07) is 6.86. The van der Waals surface area contributed by atoms with E-state index in [1.807, 2.05) is 0 Å². The molecule has 154 valence electrons. The van der Waals surface area contributed by atoms with Gasteiger partial charge < -0.3 is 9.64 Å². The van der Waals surface area contributed by atoms with Gasteiger partial charge in [0.1, 0.15) is 11.6 Å². The molecule has 2 aromatic carbocycles. The summed E-state index contributed by atoms with van der Waals surface area (Å²) in [7, 11) is -0.695. The molecule has 0 bridgehead atoms. The van der Waals surface area contributed by atoms with Crippen LogP contribution in [0.5, 0.6) is 5.75 Å². The first-order valence-electron chi connectivity index (χ1n) is 7.85. The van der Waals surface area contributed by atoms with Crippen LogP contribution in [0, 0.1) is 5.82 Å². The highest BCUT2D eigenvalue weighted by Crippen LogP contribution is 2.26. The van der Waals surface area contributed by atoms with Crippen LogP contribution >= 0.6 is 11.6 Å². The molecule has 0 radical (unpaired) electrons. The van der Waals surface area contributed by atoms with Crippen LogP contribution in [0.2, 0.25) is 5.02 Å². The maximum atomic E-state index is 13.8. The number of alkyl halides is 3. The van der Waals surface area contributed by atoms with Crippen molar-refractivity contribution in [3.8, 4) is 5.75 Å². The molecule has 1 N–H and O–H groups in total. The highest BCUT2D eigenvalue weighted by molar-refractivity contribution is 7.89. The number of hydrogen-bond donors (Lipinski definition) is 1. The van der Waals surface area contributed by atoms with Crippen LogP contribution in [-0.4, -0.2) is 40.3 Å². The van der Waals surface area contributed by atoms with Gasteiger partial charge in [0.25, 0.3) is 0 Å². The molecule has 11 heteroatoms. The highest BCUT2D eigenvalue weighted by atomic mass is 35.5. The number of nitrogens with zero attached hydrogens (tertiary/aromatic N) is 1. The molecular formula is C17H17ClF4N2O3S. The first-order valence-corrected chi connectivity index (χ1v) is 9.71. The van der Waals surface area contributed by atoms with E-state index in [2.05, 4.69) is 9.46 Å². The molecule has 2 aromatic rings. The lowest BCUT2D eigenvalue weighted by Gasteiger charge is -2.23. The minimum absolute atomic E-state index is 0.101. The summed E-state index contributed by atoms with van der Waals surface area (Å²) >= 11 is 5.66. The van der Waals surface area contributed by atoms with Gasteiger partial charge in [-0.05, 0) is 56.1 Å². The summed E-state index contributed by atoms with van der Waals surface area (Å²) in [5.41, 5.74) is 0.344. The predicted octanol–water partition coefficient (Wildman–Crippen LogP) is 3.96. The van der Waals surface area contributed by atoms with E-state index >= 15 is 0 Å². The third kappa shape index (κ3) is 6.33. The summed E-state index contributed by atoms with van der Waals surface area (Å²) in [6.07, 6.45) is -4.88. The molecule has 0 saturated heterocycles. The molecule has 2 rings (SSSR count). The van der Waals surface area contributed by atoms with E-state index in [1.54, 1.807) is 19.0 Å². The third-order valence-corrected chi connectivity index (χ3v) is 5.35. The molecule has 0 fully saturated rings. The fourth-order valence-electron chi connectivity index (χ4n) is 2.38. The zero-order chi connectivity index (χ0) is 21.1. The van der Waals surface area contributed by atoms with Crippen molar-refractivity contribution in [2.24, 2.45) is 0 Å². The Morgan fingerprint density at radius 2 is 1.75 bits per heavy atom. The average Bonchev–Trinajstić information content (AvgIpc) is 2.55. The lowest BCUT2D eigenvalue weighted by Crippen LogP contribution is -2.35. The van der Waals surface area contributed by atoms with E-state index in [1.165, 1.54) is 12.1 Å². The van der Waals surface area contributed by atoms with Crippen molar-refractivity contribution in [2.45, 2.75) is 17.3 Å². The molecule has 0 saturated carbocycles. The quantitative estimate of drug-likeness (QED) is 0.662. The zero-order valence-corrected chi connectivity index (χ0v) is 16.4. The molecule has 0 aliphatic carbocycles. The number of nitrogens with one attached hydrogen (secondary N) is 1. The van der Waals surface area contributed by atoms with Gasteiger partial charge in [0.05, 0.1) is 16.0 Å². The fourth-order valence-corrected chi connectivity index (χ4v) is 3.71. The van der Waals surface area contributed by atoms with Crippen LogP contribution in [0.4, 0.5) is 17.6 Å². The van der Waals surface area contributed by atoms with Crippen LogP contribution in [0.25, 0.3) is 0 Å². The number of ether oxygens (including phenoxy) is 1. The van der Waals surface area contributed by atoms with Crippen LogP contribution in [0.1, 0.15) is 11.6 Å². The average molecular weight is 441 g/mol. The van der Waals surface area contributed by atoms with Gasteiger partial charge in [-0.25, -0.2) is 17.5 Å². The van der Waals surface area contributed by atoms with Gasteiger partial charge in [-0.2, -0.15) is 0 Å². The summed E-state index contributed by atoms with van der Waals surface area (Å²) < 4.78 is 81.9. The second-order valence-electron chi connectivity index (χ2n) is 6.13. The van der Waals surface area contributed by atoms with Gasteiger partial charge in [-0.1, -0.05) is 17.7 Å². The fraction of sp³-hybridized carbons (Fsp3) is 0.294. The van der Waals surface area contributed by atoms with E-state index < -0.39 is 34.0 Å². The van der Waals surface area contributed by atoms with Crippen LogP contribution in [0.3, 0.4) is 0 Å². The molecule has 0 spiro atoms. The molecule has 0 aliphatic heterocycles. The Bertz CT molecular complexity index is 919. The lowest BCUT2D eigenvalue weighted by molar-refractivity contribution is -0.274. The first kappa shape index (κ1) is 22.4. The summed E-state index contributed by atoms with van der Waals surface area (Å²) in [6.45, 7) is 0.204. The predicted molar refractivity (Wildman–Crippen MR) is 96.2 cm³/mol. The molecule has 0 unspecified atom stereocenters. The van der Waals surface area contributed by atoms with E-state index in [4.69, 9.17) is 11.6 Å². The molecule has 0 heterocycles. The number of halogens is 5. The SMILES string of the molecule is CN(C)C[C@@H](NS(=O)(=O)c1ccc(OC(F)(F)F)cc1)c1ccc(Cl)c(F)c1. The summed E-state index contributed by atoms with van der Waals surface area (Å²) in [5.74, 6) is -1.24. The molecule has 1 atom stereocenters. The maximum Gasteiger partial charge on any atom is 0.573 e. The minimum Gasteiger partial charge on any atom is -0.406 e. The number of rotatable bonds is 7.